The maximum atomic E-state index is 8.69. The van der Waals surface area contributed by atoms with E-state index >= 15 is 0 Å². The summed E-state index contributed by atoms with van der Waals surface area (Å²) in [4.78, 5) is 2.07. The zero-order valence-corrected chi connectivity index (χ0v) is 8.52. The molecule has 0 spiro atoms. The fourth-order valence-electron chi connectivity index (χ4n) is 0.956. The van der Waals surface area contributed by atoms with Gasteiger partial charge >= 0.3 is 0 Å². The SMILES string of the molecule is CCSCCN(CCO)CCO. The molecule has 0 atom stereocenters. The highest BCUT2D eigenvalue weighted by Crippen LogP contribution is 1.99. The van der Waals surface area contributed by atoms with Crippen LogP contribution in [0.4, 0.5) is 0 Å². The molecular formula is C8H19NO2S. The van der Waals surface area contributed by atoms with Gasteiger partial charge in [0.05, 0.1) is 13.2 Å². The third kappa shape index (κ3) is 6.91. The molecule has 4 heteroatoms. The van der Waals surface area contributed by atoms with Gasteiger partial charge in [0.1, 0.15) is 0 Å². The fraction of sp³-hybridized carbons (Fsp3) is 1.00. The van der Waals surface area contributed by atoms with Gasteiger partial charge in [-0.05, 0) is 5.75 Å². The van der Waals surface area contributed by atoms with Crippen LogP contribution in [0, 0.1) is 0 Å². The maximum Gasteiger partial charge on any atom is 0.0558 e. The van der Waals surface area contributed by atoms with Crippen molar-refractivity contribution in [1.29, 1.82) is 0 Å². The molecule has 74 valence electrons. The van der Waals surface area contributed by atoms with E-state index in [2.05, 4.69) is 11.8 Å². The van der Waals surface area contributed by atoms with E-state index < -0.39 is 0 Å². The average Bonchev–Trinajstić information content (AvgIpc) is 2.06. The zero-order chi connectivity index (χ0) is 9.23. The minimum absolute atomic E-state index is 0.177. The number of hydrogen-bond donors (Lipinski definition) is 2. The standard InChI is InChI=1S/C8H19NO2S/c1-2-12-8-5-9(3-6-10)4-7-11/h10-11H,2-8H2,1H3. The van der Waals surface area contributed by atoms with Crippen LogP contribution in [0.1, 0.15) is 6.92 Å². The Hall–Kier alpha value is 0.230. The Bertz CT molecular complexity index is 87.1. The number of aliphatic hydroxyl groups is 2. The molecule has 0 saturated heterocycles. The van der Waals surface area contributed by atoms with Crippen LogP contribution in [0.2, 0.25) is 0 Å². The second-order valence-electron chi connectivity index (χ2n) is 2.49. The predicted octanol–water partition coefficient (Wildman–Crippen LogP) is 0.0261. The highest BCUT2D eigenvalue weighted by Gasteiger charge is 2.01. The lowest BCUT2D eigenvalue weighted by Gasteiger charge is -2.19. The van der Waals surface area contributed by atoms with Crippen LogP contribution >= 0.6 is 11.8 Å². The largest absolute Gasteiger partial charge is 0.395 e. The van der Waals surface area contributed by atoms with Crippen molar-refractivity contribution >= 4 is 11.8 Å². The number of aliphatic hydroxyl groups excluding tert-OH is 2. The molecule has 0 heterocycles. The van der Waals surface area contributed by atoms with Gasteiger partial charge in [-0.1, -0.05) is 6.92 Å². The molecule has 0 aliphatic heterocycles. The molecule has 0 aliphatic rings. The summed E-state index contributed by atoms with van der Waals surface area (Å²) in [7, 11) is 0. The molecule has 0 unspecified atom stereocenters. The first kappa shape index (κ1) is 12.2. The predicted molar refractivity (Wildman–Crippen MR) is 53.6 cm³/mol. The summed E-state index contributed by atoms with van der Waals surface area (Å²) in [5.41, 5.74) is 0. The molecular weight excluding hydrogens is 174 g/mol. The Labute approximate surface area is 78.8 Å². The third-order valence-electron chi connectivity index (χ3n) is 1.59. The normalized spacial score (nSPS) is 11.0. The minimum atomic E-state index is 0.177. The molecule has 0 fully saturated rings. The average molecular weight is 193 g/mol. The third-order valence-corrected chi connectivity index (χ3v) is 2.47. The second-order valence-corrected chi connectivity index (χ2v) is 3.88. The summed E-state index contributed by atoms with van der Waals surface area (Å²) in [6.07, 6.45) is 0. The second kappa shape index (κ2) is 9.32. The van der Waals surface area contributed by atoms with Crippen molar-refractivity contribution in [1.82, 2.24) is 4.90 Å². The van der Waals surface area contributed by atoms with Crippen molar-refractivity contribution in [2.45, 2.75) is 6.92 Å². The van der Waals surface area contributed by atoms with Crippen molar-refractivity contribution in [2.24, 2.45) is 0 Å². The lowest BCUT2D eigenvalue weighted by atomic mass is 10.5. The molecule has 0 saturated carbocycles. The molecule has 0 amide bonds. The fourth-order valence-corrected chi connectivity index (χ4v) is 1.63. The molecule has 0 radical (unpaired) electrons. The van der Waals surface area contributed by atoms with Gasteiger partial charge < -0.3 is 10.2 Å². The molecule has 0 bridgehead atoms. The Balaban J connectivity index is 3.34. The quantitative estimate of drug-likeness (QED) is 0.534. The molecule has 12 heavy (non-hydrogen) atoms. The van der Waals surface area contributed by atoms with Gasteiger partial charge in [-0.25, -0.2) is 0 Å². The van der Waals surface area contributed by atoms with E-state index in [9.17, 15) is 0 Å². The lowest BCUT2D eigenvalue weighted by Crippen LogP contribution is -2.31. The molecule has 0 aliphatic carbocycles. The van der Waals surface area contributed by atoms with Crippen molar-refractivity contribution in [2.75, 3.05) is 44.4 Å². The topological polar surface area (TPSA) is 43.7 Å². The van der Waals surface area contributed by atoms with Gasteiger partial charge in [-0.2, -0.15) is 11.8 Å². The van der Waals surface area contributed by atoms with Crippen LogP contribution in [0.5, 0.6) is 0 Å². The summed E-state index contributed by atoms with van der Waals surface area (Å²) in [5.74, 6) is 2.21. The highest BCUT2D eigenvalue weighted by molar-refractivity contribution is 7.99. The van der Waals surface area contributed by atoms with Gasteiger partial charge in [0.15, 0.2) is 0 Å². The van der Waals surface area contributed by atoms with Gasteiger partial charge in [0.25, 0.3) is 0 Å². The summed E-state index contributed by atoms with van der Waals surface area (Å²) in [6, 6.07) is 0. The monoisotopic (exact) mass is 193 g/mol. The van der Waals surface area contributed by atoms with Crippen LogP contribution < -0.4 is 0 Å². The first-order valence-corrected chi connectivity index (χ1v) is 5.52. The van der Waals surface area contributed by atoms with Crippen LogP contribution in [0.15, 0.2) is 0 Å². The van der Waals surface area contributed by atoms with E-state index in [4.69, 9.17) is 10.2 Å². The summed E-state index contributed by atoms with van der Waals surface area (Å²) >= 11 is 1.88. The van der Waals surface area contributed by atoms with E-state index in [-0.39, 0.29) is 13.2 Å². The molecule has 0 aromatic heterocycles. The smallest absolute Gasteiger partial charge is 0.0558 e. The summed E-state index contributed by atoms with van der Waals surface area (Å²) in [5, 5.41) is 17.4. The highest BCUT2D eigenvalue weighted by atomic mass is 32.2. The van der Waals surface area contributed by atoms with Crippen LogP contribution in [-0.2, 0) is 0 Å². The minimum Gasteiger partial charge on any atom is -0.395 e. The zero-order valence-electron chi connectivity index (χ0n) is 7.70. The van der Waals surface area contributed by atoms with Gasteiger partial charge in [0, 0.05) is 25.4 Å². The number of hydrogen-bond acceptors (Lipinski definition) is 4. The van der Waals surface area contributed by atoms with Crippen molar-refractivity contribution in [3.05, 3.63) is 0 Å². The Morgan fingerprint density at radius 1 is 1.08 bits per heavy atom. The number of rotatable bonds is 8. The summed E-state index contributed by atoms with van der Waals surface area (Å²) < 4.78 is 0. The van der Waals surface area contributed by atoms with Gasteiger partial charge in [0.2, 0.25) is 0 Å². The van der Waals surface area contributed by atoms with Crippen molar-refractivity contribution in [3.63, 3.8) is 0 Å². The van der Waals surface area contributed by atoms with E-state index in [0.29, 0.717) is 13.1 Å². The molecule has 0 rings (SSSR count). The maximum absolute atomic E-state index is 8.69. The molecule has 0 aromatic rings. The van der Waals surface area contributed by atoms with Crippen LogP contribution in [0.25, 0.3) is 0 Å². The Morgan fingerprint density at radius 3 is 2.08 bits per heavy atom. The Kier molecular flexibility index (Phi) is 9.50. The van der Waals surface area contributed by atoms with Gasteiger partial charge in [-0.15, -0.1) is 0 Å². The number of thioether (sulfide) groups is 1. The summed E-state index contributed by atoms with van der Waals surface area (Å²) in [6.45, 7) is 4.79. The lowest BCUT2D eigenvalue weighted by molar-refractivity contribution is 0.167. The van der Waals surface area contributed by atoms with Crippen LogP contribution in [-0.4, -0.2) is 59.5 Å². The molecule has 0 aromatic carbocycles. The van der Waals surface area contributed by atoms with Crippen LogP contribution in [0.3, 0.4) is 0 Å². The Morgan fingerprint density at radius 2 is 1.67 bits per heavy atom. The van der Waals surface area contributed by atoms with Crippen molar-refractivity contribution in [3.8, 4) is 0 Å². The van der Waals surface area contributed by atoms with Crippen molar-refractivity contribution < 1.29 is 10.2 Å². The first-order valence-electron chi connectivity index (χ1n) is 4.37. The van der Waals surface area contributed by atoms with E-state index in [1.54, 1.807) is 0 Å². The number of nitrogens with zero attached hydrogens (tertiary/aromatic N) is 1. The molecule has 3 nitrogen and oxygen atoms in total. The van der Waals surface area contributed by atoms with E-state index in [1.165, 1.54) is 0 Å². The van der Waals surface area contributed by atoms with E-state index in [0.717, 1.165) is 18.1 Å². The molecule has 2 N–H and O–H groups in total. The first-order chi connectivity index (χ1) is 5.85. The van der Waals surface area contributed by atoms with Gasteiger partial charge in [-0.3, -0.25) is 4.90 Å². The van der Waals surface area contributed by atoms with E-state index in [1.807, 2.05) is 11.8 Å².